The molecule has 10 nitrogen and oxygen atoms in total. The summed E-state index contributed by atoms with van der Waals surface area (Å²) in [6, 6.07) is 3.80. The van der Waals surface area contributed by atoms with E-state index in [1.54, 1.807) is 0 Å². The predicted octanol–water partition coefficient (Wildman–Crippen LogP) is 3.44. The Morgan fingerprint density at radius 3 is 2.79 bits per heavy atom. The number of aromatic nitrogens is 4. The summed E-state index contributed by atoms with van der Waals surface area (Å²) in [7, 11) is 0. The lowest BCUT2D eigenvalue weighted by Crippen LogP contribution is -2.08. The summed E-state index contributed by atoms with van der Waals surface area (Å²) in [5, 5.41) is 21.9. The van der Waals surface area contributed by atoms with Gasteiger partial charge in [-0.25, -0.2) is 14.8 Å². The van der Waals surface area contributed by atoms with Crippen molar-refractivity contribution in [1.29, 1.82) is 0 Å². The van der Waals surface area contributed by atoms with Crippen LogP contribution >= 0.6 is 0 Å². The minimum Gasteiger partial charge on any atom is -0.507 e. The molecule has 0 saturated heterocycles. The predicted molar refractivity (Wildman–Crippen MR) is 104 cm³/mol. The Bertz CT molecular complexity index is 1300. The molecule has 13 heteroatoms. The van der Waals surface area contributed by atoms with Crippen LogP contribution in [0.4, 0.5) is 13.2 Å². The number of carbonyl (C=O) groups is 1. The maximum atomic E-state index is 13.2. The van der Waals surface area contributed by atoms with Crippen LogP contribution in [0.15, 0.2) is 47.6 Å². The minimum atomic E-state index is -4.72. The van der Waals surface area contributed by atoms with Crippen molar-refractivity contribution in [2.45, 2.75) is 12.6 Å². The molecular formula is C20H15F3N4O6. The average molecular weight is 464 g/mol. The number of halogens is 3. The monoisotopic (exact) mass is 464 g/mol. The Labute approximate surface area is 182 Å². The van der Waals surface area contributed by atoms with Crippen LogP contribution in [0.2, 0.25) is 0 Å². The van der Waals surface area contributed by atoms with E-state index >= 15 is 0 Å². The Kier molecular flexibility index (Phi) is 5.87. The lowest BCUT2D eigenvalue weighted by atomic mass is 10.2. The van der Waals surface area contributed by atoms with Crippen LogP contribution in [0, 0.1) is 0 Å². The quantitative estimate of drug-likeness (QED) is 0.312. The number of aliphatic hydroxyl groups is 1. The van der Waals surface area contributed by atoms with Crippen LogP contribution in [0.3, 0.4) is 0 Å². The average Bonchev–Trinajstić information content (AvgIpc) is 3.41. The van der Waals surface area contributed by atoms with Gasteiger partial charge in [0.2, 0.25) is 5.65 Å². The van der Waals surface area contributed by atoms with E-state index in [0.717, 1.165) is 12.3 Å². The smallest absolute Gasteiger partial charge is 0.437 e. The zero-order valence-electron chi connectivity index (χ0n) is 16.6. The summed E-state index contributed by atoms with van der Waals surface area (Å²) >= 11 is 0. The topological polar surface area (TPSA) is 132 Å². The first-order valence-electron chi connectivity index (χ1n) is 9.42. The van der Waals surface area contributed by atoms with Crippen LogP contribution in [0.5, 0.6) is 17.4 Å². The molecule has 3 aromatic heterocycles. The fourth-order valence-corrected chi connectivity index (χ4v) is 2.96. The number of fused-ring (bicyclic) bond motifs is 1. The van der Waals surface area contributed by atoms with E-state index in [1.807, 2.05) is 0 Å². The van der Waals surface area contributed by atoms with Gasteiger partial charge in [0, 0.05) is 31.5 Å². The standard InChI is InChI=1S/C20H15F3N4O6/c21-20(22,23)16-13(10-32-26-16)14-9-25-17-18(24-4-5-27(14)17)33-11-2-3-12(15(29)8-11)19(30)31-7-1-6-28/h2-5,8-10,28-29H,1,6-7H2. The highest BCUT2D eigenvalue weighted by atomic mass is 19.4. The molecule has 0 saturated carbocycles. The summed E-state index contributed by atoms with van der Waals surface area (Å²) < 4.78 is 56.0. The molecule has 0 radical (unpaired) electrons. The highest BCUT2D eigenvalue weighted by Crippen LogP contribution is 2.37. The van der Waals surface area contributed by atoms with E-state index in [9.17, 15) is 23.1 Å². The van der Waals surface area contributed by atoms with Gasteiger partial charge in [0.05, 0.1) is 24.1 Å². The van der Waals surface area contributed by atoms with Crippen molar-refractivity contribution in [1.82, 2.24) is 19.5 Å². The lowest BCUT2D eigenvalue weighted by molar-refractivity contribution is -0.142. The Hall–Kier alpha value is -4.13. The van der Waals surface area contributed by atoms with Crippen LogP contribution in [-0.2, 0) is 10.9 Å². The number of nitrogens with zero attached hydrogens (tertiary/aromatic N) is 4. The van der Waals surface area contributed by atoms with Gasteiger partial charge < -0.3 is 24.2 Å². The number of benzene rings is 1. The zero-order valence-corrected chi connectivity index (χ0v) is 16.6. The fraction of sp³-hybridized carbons (Fsp3) is 0.200. The van der Waals surface area contributed by atoms with Gasteiger partial charge in [-0.05, 0) is 12.1 Å². The van der Waals surface area contributed by atoms with Crippen molar-refractivity contribution in [2.75, 3.05) is 13.2 Å². The maximum absolute atomic E-state index is 13.2. The number of rotatable bonds is 7. The van der Waals surface area contributed by atoms with Crippen LogP contribution in [0.25, 0.3) is 16.9 Å². The van der Waals surface area contributed by atoms with E-state index in [4.69, 9.17) is 14.6 Å². The van der Waals surface area contributed by atoms with Gasteiger partial charge in [0.25, 0.3) is 5.88 Å². The second-order valence-corrected chi connectivity index (χ2v) is 6.64. The van der Waals surface area contributed by atoms with Gasteiger partial charge in [-0.1, -0.05) is 5.16 Å². The van der Waals surface area contributed by atoms with Gasteiger partial charge >= 0.3 is 12.1 Å². The number of hydrogen-bond acceptors (Lipinski definition) is 9. The number of aromatic hydroxyl groups is 1. The SMILES string of the molecule is O=C(OCCCO)c1ccc(Oc2nccn3c(-c4conc4C(F)(F)F)cnc23)cc1O. The van der Waals surface area contributed by atoms with Crippen LogP contribution < -0.4 is 4.74 Å². The van der Waals surface area contributed by atoms with E-state index in [2.05, 4.69) is 19.6 Å². The van der Waals surface area contributed by atoms with Crippen molar-refractivity contribution in [2.24, 2.45) is 0 Å². The number of phenolic OH excluding ortho intramolecular Hbond substituents is 1. The molecule has 0 unspecified atom stereocenters. The molecule has 0 aliphatic carbocycles. The number of imidazole rings is 1. The van der Waals surface area contributed by atoms with E-state index in [-0.39, 0.29) is 53.7 Å². The lowest BCUT2D eigenvalue weighted by Gasteiger charge is -2.09. The van der Waals surface area contributed by atoms with Crippen molar-refractivity contribution >= 4 is 11.6 Å². The molecule has 2 N–H and O–H groups in total. The summed E-state index contributed by atoms with van der Waals surface area (Å²) in [6.45, 7) is -0.155. The highest BCUT2D eigenvalue weighted by molar-refractivity contribution is 5.92. The number of phenols is 1. The largest absolute Gasteiger partial charge is 0.507 e. The minimum absolute atomic E-state index is 0.0105. The third kappa shape index (κ3) is 4.43. The van der Waals surface area contributed by atoms with Gasteiger partial charge in [-0.3, -0.25) is 4.40 Å². The Morgan fingerprint density at radius 1 is 1.24 bits per heavy atom. The molecule has 0 fully saturated rings. The van der Waals surface area contributed by atoms with E-state index in [1.165, 1.54) is 35.1 Å². The van der Waals surface area contributed by atoms with Crippen LogP contribution in [0.1, 0.15) is 22.5 Å². The van der Waals surface area contributed by atoms with Gasteiger partial charge in [-0.15, -0.1) is 0 Å². The first kappa shape index (κ1) is 22.1. The molecule has 3 heterocycles. The van der Waals surface area contributed by atoms with Crippen molar-refractivity contribution < 1.29 is 42.2 Å². The van der Waals surface area contributed by atoms with Gasteiger partial charge in [0.1, 0.15) is 23.3 Å². The molecule has 4 aromatic rings. The number of esters is 1. The second-order valence-electron chi connectivity index (χ2n) is 6.64. The van der Waals surface area contributed by atoms with E-state index in [0.29, 0.717) is 0 Å². The van der Waals surface area contributed by atoms with E-state index < -0.39 is 23.6 Å². The number of ether oxygens (including phenoxy) is 2. The first-order valence-corrected chi connectivity index (χ1v) is 9.42. The normalized spacial score (nSPS) is 11.6. The summed E-state index contributed by atoms with van der Waals surface area (Å²) in [6.07, 6.45) is 0.270. The van der Waals surface area contributed by atoms with Gasteiger partial charge in [0.15, 0.2) is 5.69 Å². The number of aliphatic hydroxyl groups excluding tert-OH is 1. The molecule has 172 valence electrons. The molecule has 0 atom stereocenters. The highest BCUT2D eigenvalue weighted by Gasteiger charge is 2.38. The molecule has 0 amide bonds. The molecular weight excluding hydrogens is 449 g/mol. The Balaban J connectivity index is 1.62. The Morgan fingerprint density at radius 2 is 2.06 bits per heavy atom. The number of hydrogen-bond donors (Lipinski definition) is 2. The molecule has 1 aromatic carbocycles. The van der Waals surface area contributed by atoms with Crippen molar-refractivity contribution in [3.63, 3.8) is 0 Å². The number of carbonyl (C=O) groups excluding carboxylic acids is 1. The van der Waals surface area contributed by atoms with Gasteiger partial charge in [-0.2, -0.15) is 13.2 Å². The third-order valence-corrected chi connectivity index (χ3v) is 4.45. The van der Waals surface area contributed by atoms with Crippen molar-refractivity contribution in [3.8, 4) is 28.6 Å². The summed E-state index contributed by atoms with van der Waals surface area (Å²) in [4.78, 5) is 20.1. The van der Waals surface area contributed by atoms with Crippen LogP contribution in [-0.4, -0.2) is 48.9 Å². The molecule has 0 spiro atoms. The first-order chi connectivity index (χ1) is 15.8. The fourth-order valence-electron chi connectivity index (χ4n) is 2.96. The molecule has 0 aliphatic rings. The maximum Gasteiger partial charge on any atom is 0.437 e. The third-order valence-electron chi connectivity index (χ3n) is 4.45. The molecule has 4 rings (SSSR count). The molecule has 33 heavy (non-hydrogen) atoms. The molecule has 0 bridgehead atoms. The molecule has 0 aliphatic heterocycles. The second kappa shape index (κ2) is 8.78. The number of alkyl halides is 3. The summed E-state index contributed by atoms with van der Waals surface area (Å²) in [5.41, 5.74) is -1.48. The zero-order chi connectivity index (χ0) is 23.6. The van der Waals surface area contributed by atoms with Crippen molar-refractivity contribution in [3.05, 3.63) is 54.3 Å². The summed E-state index contributed by atoms with van der Waals surface area (Å²) in [5.74, 6) is -1.17.